The SMILES string of the molecule is O=C(CN1CCOCC1)N1CCC[C@@H]2[C@H]1CCCCN2CC1CC1. The van der Waals surface area contributed by atoms with Crippen LogP contribution in [0.4, 0.5) is 0 Å². The Bertz CT molecular complexity index is 434. The molecule has 0 aromatic heterocycles. The van der Waals surface area contributed by atoms with Gasteiger partial charge in [-0.15, -0.1) is 0 Å². The van der Waals surface area contributed by atoms with Crippen LogP contribution in [0.15, 0.2) is 0 Å². The topological polar surface area (TPSA) is 36.0 Å². The molecule has 0 unspecified atom stereocenters. The maximum absolute atomic E-state index is 13.0. The van der Waals surface area contributed by atoms with E-state index < -0.39 is 0 Å². The fourth-order valence-electron chi connectivity index (χ4n) is 4.85. The lowest BCUT2D eigenvalue weighted by molar-refractivity contribution is -0.139. The zero-order chi connectivity index (χ0) is 16.4. The first-order valence-corrected chi connectivity index (χ1v) is 10.1. The Hall–Kier alpha value is -0.650. The van der Waals surface area contributed by atoms with Crippen molar-refractivity contribution in [2.45, 2.75) is 57.0 Å². The van der Waals surface area contributed by atoms with Crippen molar-refractivity contribution in [3.8, 4) is 0 Å². The first kappa shape index (κ1) is 16.8. The summed E-state index contributed by atoms with van der Waals surface area (Å²) < 4.78 is 5.41. The Kier molecular flexibility index (Phi) is 5.40. The van der Waals surface area contributed by atoms with Gasteiger partial charge in [0.1, 0.15) is 0 Å². The van der Waals surface area contributed by atoms with Crippen LogP contribution in [0.5, 0.6) is 0 Å². The van der Waals surface area contributed by atoms with Crippen LogP contribution in [-0.4, -0.2) is 85.2 Å². The molecule has 3 saturated heterocycles. The van der Waals surface area contributed by atoms with Crippen LogP contribution in [0, 0.1) is 5.92 Å². The lowest BCUT2D eigenvalue weighted by atomic mass is 9.92. The predicted molar refractivity (Wildman–Crippen MR) is 93.9 cm³/mol. The number of amides is 1. The van der Waals surface area contributed by atoms with Gasteiger partial charge in [0.15, 0.2) is 0 Å². The largest absolute Gasteiger partial charge is 0.379 e. The molecule has 0 radical (unpaired) electrons. The van der Waals surface area contributed by atoms with Crippen molar-refractivity contribution in [3.63, 3.8) is 0 Å². The molecular weight excluding hydrogens is 302 g/mol. The second-order valence-electron chi connectivity index (χ2n) is 8.19. The second kappa shape index (κ2) is 7.71. The minimum atomic E-state index is 0.361. The smallest absolute Gasteiger partial charge is 0.237 e. The first-order valence-electron chi connectivity index (χ1n) is 10.1. The first-order chi connectivity index (χ1) is 11.8. The second-order valence-corrected chi connectivity index (χ2v) is 8.19. The van der Waals surface area contributed by atoms with Crippen LogP contribution in [0.2, 0.25) is 0 Å². The van der Waals surface area contributed by atoms with Gasteiger partial charge in [-0.1, -0.05) is 6.42 Å². The van der Waals surface area contributed by atoms with Gasteiger partial charge in [0.05, 0.1) is 19.8 Å². The van der Waals surface area contributed by atoms with Crippen molar-refractivity contribution in [2.24, 2.45) is 5.92 Å². The van der Waals surface area contributed by atoms with Crippen LogP contribution in [-0.2, 0) is 9.53 Å². The fraction of sp³-hybridized carbons (Fsp3) is 0.947. The molecule has 3 aliphatic heterocycles. The number of hydrogen-bond donors (Lipinski definition) is 0. The number of carbonyl (C=O) groups is 1. The molecule has 1 saturated carbocycles. The summed E-state index contributed by atoms with van der Waals surface area (Å²) in [6, 6.07) is 1.09. The van der Waals surface area contributed by atoms with Gasteiger partial charge in [-0.3, -0.25) is 14.6 Å². The van der Waals surface area contributed by atoms with Crippen molar-refractivity contribution in [3.05, 3.63) is 0 Å². The Morgan fingerprint density at radius 2 is 1.67 bits per heavy atom. The molecular formula is C19H33N3O2. The van der Waals surface area contributed by atoms with Gasteiger partial charge in [0, 0.05) is 38.3 Å². The summed E-state index contributed by atoms with van der Waals surface area (Å²) in [7, 11) is 0. The molecule has 2 atom stereocenters. The minimum absolute atomic E-state index is 0.361. The van der Waals surface area contributed by atoms with Gasteiger partial charge in [0.25, 0.3) is 0 Å². The van der Waals surface area contributed by atoms with Crippen molar-refractivity contribution in [2.75, 3.05) is 52.5 Å². The average molecular weight is 335 g/mol. The van der Waals surface area contributed by atoms with Gasteiger partial charge in [-0.2, -0.15) is 0 Å². The highest BCUT2D eigenvalue weighted by atomic mass is 16.5. The zero-order valence-corrected chi connectivity index (χ0v) is 15.0. The van der Waals surface area contributed by atoms with Crippen LogP contribution < -0.4 is 0 Å². The highest BCUT2D eigenvalue weighted by molar-refractivity contribution is 5.78. The average Bonchev–Trinajstić information content (AvgIpc) is 3.44. The number of hydrogen-bond acceptors (Lipinski definition) is 4. The molecule has 0 aromatic rings. The van der Waals surface area contributed by atoms with Gasteiger partial charge in [-0.25, -0.2) is 0 Å². The highest BCUT2D eigenvalue weighted by Gasteiger charge is 2.40. The summed E-state index contributed by atoms with van der Waals surface area (Å²) >= 11 is 0. The molecule has 3 heterocycles. The van der Waals surface area contributed by atoms with Gasteiger partial charge < -0.3 is 9.64 Å². The number of fused-ring (bicyclic) bond motifs is 1. The monoisotopic (exact) mass is 335 g/mol. The summed E-state index contributed by atoms with van der Waals surface area (Å²) in [6.07, 6.45) is 9.12. The Labute approximate surface area is 146 Å². The van der Waals surface area contributed by atoms with Gasteiger partial charge in [-0.05, 0) is 51.0 Å². The Morgan fingerprint density at radius 1 is 0.875 bits per heavy atom. The fourth-order valence-corrected chi connectivity index (χ4v) is 4.85. The quantitative estimate of drug-likeness (QED) is 0.781. The summed E-state index contributed by atoms with van der Waals surface area (Å²) in [6.45, 7) is 7.46. The Morgan fingerprint density at radius 3 is 2.46 bits per heavy atom. The number of carbonyl (C=O) groups excluding carboxylic acids is 1. The number of piperidine rings is 1. The van der Waals surface area contributed by atoms with E-state index in [1.807, 2.05) is 0 Å². The van der Waals surface area contributed by atoms with E-state index in [2.05, 4.69) is 14.7 Å². The number of nitrogens with zero attached hydrogens (tertiary/aromatic N) is 3. The lowest BCUT2D eigenvalue weighted by Gasteiger charge is -2.45. The molecule has 0 spiro atoms. The van der Waals surface area contributed by atoms with E-state index in [1.165, 1.54) is 58.0 Å². The van der Waals surface area contributed by atoms with Crippen LogP contribution in [0.3, 0.4) is 0 Å². The number of likely N-dealkylation sites (tertiary alicyclic amines) is 2. The van der Waals surface area contributed by atoms with Gasteiger partial charge >= 0.3 is 0 Å². The predicted octanol–water partition coefficient (Wildman–Crippen LogP) is 1.57. The number of ether oxygens (including phenoxy) is 1. The van der Waals surface area contributed by atoms with E-state index in [4.69, 9.17) is 4.74 Å². The molecule has 136 valence electrons. The van der Waals surface area contributed by atoms with Crippen molar-refractivity contribution in [1.82, 2.24) is 14.7 Å². The highest BCUT2D eigenvalue weighted by Crippen LogP contribution is 2.35. The number of rotatable bonds is 4. The normalized spacial score (nSPS) is 33.1. The number of morpholine rings is 1. The lowest BCUT2D eigenvalue weighted by Crippen LogP contribution is -2.58. The minimum Gasteiger partial charge on any atom is -0.379 e. The standard InChI is InChI=1S/C19H33N3O2/c23-19(15-20-10-12-24-13-11-20)22-9-3-5-17-18(22)4-1-2-8-21(17)14-16-6-7-16/h16-18H,1-15H2/t17-,18-/m1/s1. The molecule has 5 nitrogen and oxygen atoms in total. The van der Waals surface area contributed by atoms with Crippen LogP contribution >= 0.6 is 0 Å². The van der Waals surface area contributed by atoms with E-state index in [1.54, 1.807) is 0 Å². The summed E-state index contributed by atoms with van der Waals surface area (Å²) in [4.78, 5) is 20.3. The molecule has 0 aromatic carbocycles. The van der Waals surface area contributed by atoms with E-state index in [9.17, 15) is 4.79 Å². The van der Waals surface area contributed by atoms with Crippen LogP contribution in [0.25, 0.3) is 0 Å². The molecule has 4 rings (SSSR count). The van der Waals surface area contributed by atoms with E-state index in [0.29, 0.717) is 24.5 Å². The maximum atomic E-state index is 13.0. The van der Waals surface area contributed by atoms with Crippen LogP contribution in [0.1, 0.15) is 44.9 Å². The van der Waals surface area contributed by atoms with E-state index in [0.717, 1.165) is 38.8 Å². The van der Waals surface area contributed by atoms with Crippen molar-refractivity contribution in [1.29, 1.82) is 0 Å². The molecule has 1 amide bonds. The van der Waals surface area contributed by atoms with E-state index >= 15 is 0 Å². The third-order valence-electron chi connectivity index (χ3n) is 6.38. The molecule has 4 aliphatic rings. The third kappa shape index (κ3) is 3.94. The Balaban J connectivity index is 1.41. The van der Waals surface area contributed by atoms with E-state index in [-0.39, 0.29) is 0 Å². The molecule has 0 bridgehead atoms. The van der Waals surface area contributed by atoms with Crippen molar-refractivity contribution >= 4 is 5.91 Å². The molecule has 0 N–H and O–H groups in total. The molecule has 1 aliphatic carbocycles. The van der Waals surface area contributed by atoms with Gasteiger partial charge in [0.2, 0.25) is 5.91 Å². The third-order valence-corrected chi connectivity index (χ3v) is 6.38. The maximum Gasteiger partial charge on any atom is 0.237 e. The summed E-state index contributed by atoms with van der Waals surface area (Å²) in [5.74, 6) is 1.31. The molecule has 4 fully saturated rings. The van der Waals surface area contributed by atoms with Crippen molar-refractivity contribution < 1.29 is 9.53 Å². The molecule has 5 heteroatoms. The molecule has 24 heavy (non-hydrogen) atoms. The summed E-state index contributed by atoms with van der Waals surface area (Å²) in [5, 5.41) is 0. The summed E-state index contributed by atoms with van der Waals surface area (Å²) in [5.41, 5.74) is 0. The zero-order valence-electron chi connectivity index (χ0n) is 15.0.